The molecule has 0 aliphatic rings. The second-order valence-corrected chi connectivity index (χ2v) is 7.56. The van der Waals surface area contributed by atoms with Gasteiger partial charge in [-0.2, -0.15) is 4.90 Å². The van der Waals surface area contributed by atoms with Crippen molar-refractivity contribution in [2.24, 2.45) is 7.05 Å². The van der Waals surface area contributed by atoms with Crippen LogP contribution in [0.5, 0.6) is 0 Å². The zero-order chi connectivity index (χ0) is 20.4. The van der Waals surface area contributed by atoms with Crippen LogP contribution in [0.15, 0.2) is 91.1 Å². The Labute approximate surface area is 173 Å². The predicted octanol–water partition coefficient (Wildman–Crippen LogP) is 6.57. The summed E-state index contributed by atoms with van der Waals surface area (Å²) in [4.78, 5) is 2.37. The van der Waals surface area contributed by atoms with Crippen molar-refractivity contribution in [2.45, 2.75) is 20.8 Å². The fraction of sp³-hybridized carbons (Fsp3) is 0.148. The molecule has 0 spiro atoms. The monoisotopic (exact) mass is 379 g/mol. The molecule has 0 bridgehead atoms. The first-order valence-corrected chi connectivity index (χ1v) is 10.0. The van der Waals surface area contributed by atoms with Crippen molar-refractivity contribution in [3.8, 4) is 11.1 Å². The van der Waals surface area contributed by atoms with Crippen LogP contribution in [0.2, 0.25) is 0 Å². The number of pyridine rings is 1. The lowest BCUT2D eigenvalue weighted by Crippen LogP contribution is -2.35. The third-order valence-electron chi connectivity index (χ3n) is 5.59. The van der Waals surface area contributed by atoms with Crippen LogP contribution in [0.4, 0.5) is 17.2 Å². The summed E-state index contributed by atoms with van der Waals surface area (Å²) in [6.45, 7) is 6.58. The zero-order valence-corrected chi connectivity index (χ0v) is 17.6. The minimum absolute atomic E-state index is 1.13. The number of hydrogen-bond acceptors (Lipinski definition) is 1. The van der Waals surface area contributed by atoms with E-state index in [4.69, 9.17) is 0 Å². The lowest BCUT2D eigenvalue weighted by atomic mass is 9.95. The highest BCUT2D eigenvalue weighted by molar-refractivity contribution is 5.83. The van der Waals surface area contributed by atoms with E-state index in [0.29, 0.717) is 0 Å². The Morgan fingerprint density at radius 3 is 1.93 bits per heavy atom. The molecule has 1 heterocycles. The number of hydrogen-bond donors (Lipinski definition) is 0. The normalized spacial score (nSPS) is 10.8. The van der Waals surface area contributed by atoms with Crippen LogP contribution in [0.3, 0.4) is 0 Å². The van der Waals surface area contributed by atoms with Gasteiger partial charge in [-0.3, -0.25) is 0 Å². The Morgan fingerprint density at radius 2 is 1.21 bits per heavy atom. The molecule has 144 valence electrons. The highest BCUT2D eigenvalue weighted by Gasteiger charge is 2.27. The average molecular weight is 380 g/mol. The first-order valence-electron chi connectivity index (χ1n) is 10.0. The van der Waals surface area contributed by atoms with Gasteiger partial charge in [0.2, 0.25) is 0 Å². The van der Waals surface area contributed by atoms with Crippen molar-refractivity contribution in [1.82, 2.24) is 0 Å². The molecule has 0 unspecified atom stereocenters. The molecule has 0 saturated carbocycles. The van der Waals surface area contributed by atoms with Gasteiger partial charge in [0, 0.05) is 11.6 Å². The predicted molar refractivity (Wildman–Crippen MR) is 122 cm³/mol. The number of nitrogens with zero attached hydrogens (tertiary/aromatic N) is 2. The van der Waals surface area contributed by atoms with Crippen molar-refractivity contribution in [3.05, 3.63) is 108 Å². The molecule has 0 aliphatic heterocycles. The summed E-state index contributed by atoms with van der Waals surface area (Å²) in [5, 5.41) is 0. The zero-order valence-electron chi connectivity index (χ0n) is 17.6. The van der Waals surface area contributed by atoms with Crippen LogP contribution in [-0.4, -0.2) is 0 Å². The molecular weight excluding hydrogens is 352 g/mol. The number of anilines is 3. The number of para-hydroxylation sites is 1. The molecule has 29 heavy (non-hydrogen) atoms. The second kappa shape index (κ2) is 7.92. The fourth-order valence-electron chi connectivity index (χ4n) is 3.97. The second-order valence-electron chi connectivity index (χ2n) is 7.56. The minimum Gasteiger partial charge on any atom is -0.237 e. The molecule has 0 N–H and O–H groups in total. The van der Waals surface area contributed by atoms with Gasteiger partial charge in [-0.05, 0) is 61.2 Å². The first-order chi connectivity index (χ1) is 14.1. The van der Waals surface area contributed by atoms with E-state index in [-0.39, 0.29) is 0 Å². The molecule has 4 rings (SSSR count). The minimum atomic E-state index is 1.13. The number of benzene rings is 3. The van der Waals surface area contributed by atoms with Gasteiger partial charge in [0.05, 0.1) is 13.2 Å². The van der Waals surface area contributed by atoms with Crippen molar-refractivity contribution in [2.75, 3.05) is 4.90 Å². The van der Waals surface area contributed by atoms with Gasteiger partial charge in [-0.25, -0.2) is 4.57 Å². The van der Waals surface area contributed by atoms with Crippen molar-refractivity contribution in [1.29, 1.82) is 0 Å². The molecule has 2 nitrogen and oxygen atoms in total. The van der Waals surface area contributed by atoms with Crippen molar-refractivity contribution < 1.29 is 4.57 Å². The van der Waals surface area contributed by atoms with Gasteiger partial charge in [-0.1, -0.05) is 60.7 Å². The van der Waals surface area contributed by atoms with E-state index >= 15 is 0 Å². The van der Waals surface area contributed by atoms with Crippen LogP contribution in [0.25, 0.3) is 11.1 Å². The molecule has 0 saturated heterocycles. The SMILES string of the molecule is Cc1ccccc1-c1cccc(N(c2ccccc2C)c2cccc[n+]2C)c1C. The largest absolute Gasteiger partial charge is 0.286 e. The standard InChI is InChI=1S/C27H27N2/c1-20-12-5-7-14-23(20)24-15-11-17-26(22(24)3)29(25-16-8-6-13-21(25)2)27-18-9-10-19-28(27)4/h5-19H,1-4H3/q+1. The van der Waals surface area contributed by atoms with Gasteiger partial charge >= 0.3 is 0 Å². The van der Waals surface area contributed by atoms with Crippen LogP contribution >= 0.6 is 0 Å². The van der Waals surface area contributed by atoms with E-state index in [0.717, 1.165) is 5.82 Å². The maximum absolute atomic E-state index is 2.37. The van der Waals surface area contributed by atoms with Crippen LogP contribution in [0.1, 0.15) is 16.7 Å². The molecule has 0 amide bonds. The quantitative estimate of drug-likeness (QED) is 0.364. The summed E-state index contributed by atoms with van der Waals surface area (Å²) < 4.78 is 2.17. The number of aromatic nitrogens is 1. The summed E-state index contributed by atoms with van der Waals surface area (Å²) in [6.07, 6.45) is 2.10. The van der Waals surface area contributed by atoms with E-state index < -0.39 is 0 Å². The lowest BCUT2D eigenvalue weighted by Gasteiger charge is -2.23. The molecule has 2 heteroatoms. The summed E-state index contributed by atoms with van der Waals surface area (Å²) in [5.41, 5.74) is 8.76. The van der Waals surface area contributed by atoms with Crippen molar-refractivity contribution in [3.63, 3.8) is 0 Å². The summed E-state index contributed by atoms with van der Waals surface area (Å²) in [6, 6.07) is 30.1. The smallest absolute Gasteiger partial charge is 0.237 e. The van der Waals surface area contributed by atoms with Gasteiger partial charge in [-0.15, -0.1) is 0 Å². The van der Waals surface area contributed by atoms with Crippen LogP contribution in [-0.2, 0) is 7.05 Å². The van der Waals surface area contributed by atoms with E-state index in [1.165, 1.54) is 39.2 Å². The van der Waals surface area contributed by atoms with Crippen LogP contribution < -0.4 is 9.47 Å². The first kappa shape index (κ1) is 18.9. The molecule has 0 aliphatic carbocycles. The van der Waals surface area contributed by atoms with E-state index in [1.54, 1.807) is 0 Å². The van der Waals surface area contributed by atoms with E-state index in [9.17, 15) is 0 Å². The Bertz CT molecular complexity index is 1120. The highest BCUT2D eigenvalue weighted by Crippen LogP contribution is 2.40. The van der Waals surface area contributed by atoms with E-state index in [1.807, 2.05) is 0 Å². The molecule has 3 aromatic carbocycles. The maximum Gasteiger partial charge on any atom is 0.286 e. The summed E-state index contributed by atoms with van der Waals surface area (Å²) >= 11 is 0. The van der Waals surface area contributed by atoms with E-state index in [2.05, 4.69) is 128 Å². The Hall–Kier alpha value is -3.39. The third kappa shape index (κ3) is 3.54. The number of aryl methyl sites for hydroxylation is 3. The van der Waals surface area contributed by atoms with Gasteiger partial charge in [0.25, 0.3) is 5.82 Å². The number of rotatable bonds is 4. The average Bonchev–Trinajstić information content (AvgIpc) is 2.73. The Kier molecular flexibility index (Phi) is 5.18. The Balaban J connectivity index is 1.98. The Morgan fingerprint density at radius 1 is 0.586 bits per heavy atom. The fourth-order valence-corrected chi connectivity index (χ4v) is 3.97. The van der Waals surface area contributed by atoms with Gasteiger partial charge in [0.15, 0.2) is 0 Å². The summed E-state index contributed by atoms with van der Waals surface area (Å²) in [7, 11) is 2.10. The maximum atomic E-state index is 2.37. The van der Waals surface area contributed by atoms with Crippen molar-refractivity contribution >= 4 is 17.2 Å². The van der Waals surface area contributed by atoms with Gasteiger partial charge < -0.3 is 0 Å². The lowest BCUT2D eigenvalue weighted by molar-refractivity contribution is -0.658. The summed E-state index contributed by atoms with van der Waals surface area (Å²) in [5.74, 6) is 1.13. The molecule has 0 atom stereocenters. The molecule has 4 aromatic rings. The molecule has 0 radical (unpaired) electrons. The molecule has 0 fully saturated rings. The van der Waals surface area contributed by atoms with Gasteiger partial charge in [0.1, 0.15) is 11.4 Å². The topological polar surface area (TPSA) is 7.12 Å². The third-order valence-corrected chi connectivity index (χ3v) is 5.59. The molecular formula is C27H27N2+. The molecule has 1 aromatic heterocycles. The highest BCUT2D eigenvalue weighted by atomic mass is 15.2. The van der Waals surface area contributed by atoms with Crippen LogP contribution in [0, 0.1) is 20.8 Å².